The Kier molecular flexibility index (Phi) is 7.93. The lowest BCUT2D eigenvalue weighted by Gasteiger charge is -2.12. The Morgan fingerprint density at radius 3 is 2.43 bits per heavy atom. The van der Waals surface area contributed by atoms with Gasteiger partial charge in [-0.15, -0.1) is 22.7 Å². The molecule has 0 bridgehead atoms. The normalized spacial score (nSPS) is 10.3. The van der Waals surface area contributed by atoms with E-state index in [1.54, 1.807) is 26.4 Å². The van der Waals surface area contributed by atoms with E-state index in [-0.39, 0.29) is 22.5 Å². The summed E-state index contributed by atoms with van der Waals surface area (Å²) in [6, 6.07) is 0. The highest BCUT2D eigenvalue weighted by Gasteiger charge is 2.26. The molecule has 2 rings (SSSR count). The Balaban J connectivity index is 2.17. The third kappa shape index (κ3) is 4.97. The van der Waals surface area contributed by atoms with Crippen molar-refractivity contribution < 1.29 is 19.1 Å². The van der Waals surface area contributed by atoms with Crippen molar-refractivity contribution in [3.8, 4) is 0 Å². The maximum Gasteiger partial charge on any atom is 0.341 e. The topological polar surface area (TPSA) is 99.8 Å². The molecule has 0 radical (unpaired) electrons. The molecule has 0 aliphatic carbocycles. The molecular weight excluding hydrogens is 444 g/mol. The minimum absolute atomic E-state index is 0.0728. The minimum atomic E-state index is -0.586. The number of hydrazine groups is 1. The summed E-state index contributed by atoms with van der Waals surface area (Å²) in [5.41, 5.74) is 7.51. The number of thiocarbonyl (C=S) groups is 1. The highest BCUT2D eigenvalue weighted by Crippen LogP contribution is 2.34. The molecule has 8 nitrogen and oxygen atoms in total. The summed E-state index contributed by atoms with van der Waals surface area (Å²) in [7, 11) is 4.53. The molecule has 0 fully saturated rings. The van der Waals surface area contributed by atoms with E-state index in [4.69, 9.17) is 17.0 Å². The third-order valence-corrected chi connectivity index (χ3v) is 6.71. The van der Waals surface area contributed by atoms with Gasteiger partial charge in [-0.2, -0.15) is 0 Å². The summed E-state index contributed by atoms with van der Waals surface area (Å²) in [5, 5.41) is 5.11. The number of rotatable bonds is 5. The second-order valence-corrected chi connectivity index (χ2v) is 9.04. The molecule has 30 heavy (non-hydrogen) atoms. The zero-order valence-electron chi connectivity index (χ0n) is 17.6. The fourth-order valence-corrected chi connectivity index (χ4v) is 5.16. The average Bonchev–Trinajstić information content (AvgIpc) is 3.24. The van der Waals surface area contributed by atoms with E-state index in [2.05, 4.69) is 16.2 Å². The van der Waals surface area contributed by atoms with E-state index in [0.29, 0.717) is 21.0 Å². The zero-order chi connectivity index (χ0) is 22.6. The molecule has 3 N–H and O–H groups in total. The zero-order valence-corrected chi connectivity index (χ0v) is 20.0. The fourth-order valence-electron chi connectivity index (χ4n) is 2.78. The van der Waals surface area contributed by atoms with Crippen LogP contribution in [0.5, 0.6) is 0 Å². The predicted molar refractivity (Wildman–Crippen MR) is 124 cm³/mol. The number of ether oxygens (including phenoxy) is 1. The molecule has 0 aromatic carbocycles. The Labute approximate surface area is 188 Å². The number of esters is 1. The van der Waals surface area contributed by atoms with Gasteiger partial charge in [0.2, 0.25) is 0 Å². The van der Waals surface area contributed by atoms with Gasteiger partial charge in [0.1, 0.15) is 5.00 Å². The molecule has 0 aliphatic heterocycles. The number of carbonyl (C=O) groups is 3. The maximum absolute atomic E-state index is 12.5. The molecule has 11 heteroatoms. The predicted octanol–water partition coefficient (Wildman–Crippen LogP) is 3.11. The lowest BCUT2D eigenvalue weighted by Crippen LogP contribution is -2.44. The first-order valence-electron chi connectivity index (χ1n) is 8.99. The van der Waals surface area contributed by atoms with Crippen LogP contribution in [0.3, 0.4) is 0 Å². The van der Waals surface area contributed by atoms with Crippen molar-refractivity contribution in [1.29, 1.82) is 0 Å². The Morgan fingerprint density at radius 2 is 1.87 bits per heavy atom. The van der Waals surface area contributed by atoms with Crippen LogP contribution in [0.1, 0.15) is 53.3 Å². The molecule has 2 aromatic rings. The van der Waals surface area contributed by atoms with Crippen LogP contribution in [0.4, 0.5) is 5.00 Å². The summed E-state index contributed by atoms with van der Waals surface area (Å²) in [5.74, 6) is -1.13. The van der Waals surface area contributed by atoms with Gasteiger partial charge in [0, 0.05) is 24.4 Å². The standard InChI is InChI=1S/C19H24N4O4S3/c1-7-11-10(3)29-8-12(11)15(24)21-22-19(28)20-16-13(18(26)27-6)9(2)14(30-16)17(25)23(4)5/h8H,7H2,1-6H3,(H,21,24)(H2,20,22,28). The summed E-state index contributed by atoms with van der Waals surface area (Å²) in [6.45, 7) is 5.64. The van der Waals surface area contributed by atoms with Crippen LogP contribution >= 0.6 is 34.9 Å². The second kappa shape index (κ2) is 10.0. The summed E-state index contributed by atoms with van der Waals surface area (Å²) in [6.07, 6.45) is 0.750. The van der Waals surface area contributed by atoms with Gasteiger partial charge >= 0.3 is 5.97 Å². The van der Waals surface area contributed by atoms with E-state index in [0.717, 1.165) is 28.2 Å². The van der Waals surface area contributed by atoms with Crippen molar-refractivity contribution in [2.24, 2.45) is 0 Å². The molecule has 0 saturated heterocycles. The number of methoxy groups -OCH3 is 1. The number of carbonyl (C=O) groups excluding carboxylic acids is 3. The molecule has 0 atom stereocenters. The number of aryl methyl sites for hydroxylation is 1. The number of amides is 2. The Hall–Kier alpha value is -2.50. The first-order valence-corrected chi connectivity index (χ1v) is 11.1. The van der Waals surface area contributed by atoms with Gasteiger partial charge in [-0.25, -0.2) is 4.79 Å². The fraction of sp³-hybridized carbons (Fsp3) is 0.368. The van der Waals surface area contributed by atoms with Crippen LogP contribution in [0, 0.1) is 13.8 Å². The van der Waals surface area contributed by atoms with Crippen LogP contribution in [-0.2, 0) is 11.2 Å². The number of anilines is 1. The SMILES string of the molecule is CCc1c(C(=O)NNC(=S)Nc2sc(C(=O)N(C)C)c(C)c2C(=O)OC)csc1C. The molecule has 0 aliphatic rings. The molecule has 2 amide bonds. The van der Waals surface area contributed by atoms with Gasteiger partial charge < -0.3 is 15.0 Å². The highest BCUT2D eigenvalue weighted by atomic mass is 32.1. The Bertz CT molecular complexity index is 994. The summed E-state index contributed by atoms with van der Waals surface area (Å²) < 4.78 is 4.85. The van der Waals surface area contributed by atoms with Crippen LogP contribution in [0.25, 0.3) is 0 Å². The van der Waals surface area contributed by atoms with Crippen LogP contribution < -0.4 is 16.2 Å². The molecule has 162 valence electrons. The van der Waals surface area contributed by atoms with Crippen molar-refractivity contribution in [2.45, 2.75) is 27.2 Å². The second-order valence-electron chi connectivity index (χ2n) is 6.52. The first-order chi connectivity index (χ1) is 14.1. The van der Waals surface area contributed by atoms with Gasteiger partial charge in [0.05, 0.1) is 23.1 Å². The van der Waals surface area contributed by atoms with E-state index < -0.39 is 5.97 Å². The van der Waals surface area contributed by atoms with Crippen molar-refractivity contribution in [2.75, 3.05) is 26.5 Å². The molecule has 0 spiro atoms. The largest absolute Gasteiger partial charge is 0.465 e. The number of thiophene rings is 2. The van der Waals surface area contributed by atoms with Crippen LogP contribution in [0.2, 0.25) is 0 Å². The Morgan fingerprint density at radius 1 is 1.20 bits per heavy atom. The van der Waals surface area contributed by atoms with Gasteiger partial charge in [-0.05, 0) is 43.6 Å². The van der Waals surface area contributed by atoms with E-state index in [9.17, 15) is 14.4 Å². The lowest BCUT2D eigenvalue weighted by molar-refractivity contribution is 0.0601. The van der Waals surface area contributed by atoms with Gasteiger partial charge in [0.25, 0.3) is 11.8 Å². The highest BCUT2D eigenvalue weighted by molar-refractivity contribution is 7.80. The number of hydrogen-bond donors (Lipinski definition) is 3. The van der Waals surface area contributed by atoms with Crippen molar-refractivity contribution in [3.05, 3.63) is 37.4 Å². The van der Waals surface area contributed by atoms with E-state index >= 15 is 0 Å². The van der Waals surface area contributed by atoms with Crippen molar-refractivity contribution >= 4 is 62.8 Å². The van der Waals surface area contributed by atoms with Crippen molar-refractivity contribution in [1.82, 2.24) is 15.8 Å². The molecule has 0 unspecified atom stereocenters. The number of nitrogens with zero attached hydrogens (tertiary/aromatic N) is 1. The summed E-state index contributed by atoms with van der Waals surface area (Å²) >= 11 is 7.86. The monoisotopic (exact) mass is 468 g/mol. The molecule has 0 saturated carbocycles. The van der Waals surface area contributed by atoms with Crippen molar-refractivity contribution in [3.63, 3.8) is 0 Å². The number of hydrogen-bond acceptors (Lipinski definition) is 7. The van der Waals surface area contributed by atoms with E-state index in [1.807, 2.05) is 13.8 Å². The average molecular weight is 469 g/mol. The third-order valence-electron chi connectivity index (χ3n) is 4.36. The molecular formula is C19H24N4O4S3. The maximum atomic E-state index is 12.5. The quantitative estimate of drug-likeness (QED) is 0.352. The van der Waals surface area contributed by atoms with Crippen LogP contribution in [0.15, 0.2) is 5.38 Å². The first kappa shape index (κ1) is 23.8. The van der Waals surface area contributed by atoms with Gasteiger partial charge in [0.15, 0.2) is 5.11 Å². The van der Waals surface area contributed by atoms with Gasteiger partial charge in [-0.3, -0.25) is 20.4 Å². The molecule has 2 heterocycles. The molecule has 2 aromatic heterocycles. The summed E-state index contributed by atoms with van der Waals surface area (Å²) in [4.78, 5) is 40.0. The van der Waals surface area contributed by atoms with E-state index in [1.165, 1.54) is 23.3 Å². The smallest absolute Gasteiger partial charge is 0.341 e. The lowest BCUT2D eigenvalue weighted by atomic mass is 10.1. The van der Waals surface area contributed by atoms with Crippen LogP contribution in [-0.4, -0.2) is 49.0 Å². The number of nitrogens with one attached hydrogen (secondary N) is 3. The van der Waals surface area contributed by atoms with Gasteiger partial charge in [-0.1, -0.05) is 6.92 Å². The minimum Gasteiger partial charge on any atom is -0.465 e.